The molecule has 102 valence electrons. The Morgan fingerprint density at radius 2 is 2.22 bits per heavy atom. The fraction of sp³-hybridized carbons (Fsp3) is 0.667. The van der Waals surface area contributed by atoms with Crippen molar-refractivity contribution in [3.63, 3.8) is 0 Å². The largest absolute Gasteiger partial charge is 0.366 e. The van der Waals surface area contributed by atoms with Crippen molar-refractivity contribution < 1.29 is 9.53 Å². The molecule has 1 unspecified atom stereocenters. The van der Waals surface area contributed by atoms with Gasteiger partial charge in [0, 0.05) is 11.4 Å². The van der Waals surface area contributed by atoms with E-state index in [1.54, 1.807) is 0 Å². The van der Waals surface area contributed by atoms with Crippen LogP contribution in [0.2, 0.25) is 0 Å². The lowest BCUT2D eigenvalue weighted by Gasteiger charge is -2.18. The van der Waals surface area contributed by atoms with Crippen LogP contribution < -0.4 is 10.6 Å². The number of amides is 1. The van der Waals surface area contributed by atoms with Crippen LogP contribution in [0, 0.1) is 0 Å². The molecule has 0 aliphatic carbocycles. The maximum Gasteiger partial charge on any atom is 0.252 e. The predicted molar refractivity (Wildman–Crippen MR) is 73.9 cm³/mol. The van der Waals surface area contributed by atoms with E-state index >= 15 is 0 Å². The Labute approximate surface area is 112 Å². The van der Waals surface area contributed by atoms with Crippen LogP contribution in [-0.4, -0.2) is 30.1 Å². The summed E-state index contributed by atoms with van der Waals surface area (Å²) in [5.74, 6) is -0.178. The van der Waals surface area contributed by atoms with Crippen LogP contribution in [0.5, 0.6) is 0 Å². The number of aromatic nitrogens is 1. The Kier molecular flexibility index (Phi) is 5.25. The standard InChI is InChI=1S/C12H21N3O2S/c1-8(13-5)9-7-18-11(14-9)15-10(16)6-17-12(2,3)4/h7-8,13H,6H2,1-5H3,(H,14,15,16). The van der Waals surface area contributed by atoms with E-state index in [1.807, 2.05) is 40.1 Å². The van der Waals surface area contributed by atoms with E-state index in [4.69, 9.17) is 4.74 Å². The van der Waals surface area contributed by atoms with Gasteiger partial charge in [-0.2, -0.15) is 0 Å². The Morgan fingerprint density at radius 1 is 1.56 bits per heavy atom. The van der Waals surface area contributed by atoms with Crippen LogP contribution in [0.25, 0.3) is 0 Å². The maximum atomic E-state index is 11.6. The van der Waals surface area contributed by atoms with Gasteiger partial charge in [-0.05, 0) is 34.7 Å². The molecule has 0 spiro atoms. The lowest BCUT2D eigenvalue weighted by Crippen LogP contribution is -2.27. The highest BCUT2D eigenvalue weighted by atomic mass is 32.1. The van der Waals surface area contributed by atoms with E-state index in [2.05, 4.69) is 15.6 Å². The first-order valence-electron chi connectivity index (χ1n) is 5.88. The average Bonchev–Trinajstić information content (AvgIpc) is 2.73. The number of nitrogens with one attached hydrogen (secondary N) is 2. The van der Waals surface area contributed by atoms with E-state index in [0.717, 1.165) is 5.69 Å². The molecule has 0 radical (unpaired) electrons. The third-order valence-corrected chi connectivity index (χ3v) is 3.06. The van der Waals surface area contributed by atoms with E-state index in [1.165, 1.54) is 11.3 Å². The number of hydrogen-bond acceptors (Lipinski definition) is 5. The van der Waals surface area contributed by atoms with Crippen LogP contribution in [0.1, 0.15) is 39.4 Å². The Hall–Kier alpha value is -0.980. The van der Waals surface area contributed by atoms with Crippen molar-refractivity contribution >= 4 is 22.4 Å². The fourth-order valence-electron chi connectivity index (χ4n) is 1.13. The molecule has 6 heteroatoms. The predicted octanol–water partition coefficient (Wildman–Crippen LogP) is 2.18. The maximum absolute atomic E-state index is 11.6. The molecule has 0 saturated heterocycles. The molecule has 1 rings (SSSR count). The number of anilines is 1. The quantitative estimate of drug-likeness (QED) is 0.861. The van der Waals surface area contributed by atoms with Gasteiger partial charge < -0.3 is 10.1 Å². The summed E-state index contributed by atoms with van der Waals surface area (Å²) in [6.07, 6.45) is 0. The molecule has 0 aliphatic rings. The van der Waals surface area contributed by atoms with Crippen LogP contribution in [0.4, 0.5) is 5.13 Å². The first-order valence-corrected chi connectivity index (χ1v) is 6.76. The number of ether oxygens (including phenoxy) is 1. The second-order valence-electron chi connectivity index (χ2n) is 5.04. The molecule has 0 saturated carbocycles. The first kappa shape index (κ1) is 15.1. The Bertz CT molecular complexity index is 398. The topological polar surface area (TPSA) is 63.2 Å². The molecule has 0 fully saturated rings. The summed E-state index contributed by atoms with van der Waals surface area (Å²) in [7, 11) is 1.87. The highest BCUT2D eigenvalue weighted by Crippen LogP contribution is 2.20. The number of hydrogen-bond donors (Lipinski definition) is 2. The zero-order valence-electron chi connectivity index (χ0n) is 11.5. The van der Waals surface area contributed by atoms with Gasteiger partial charge in [0.25, 0.3) is 5.91 Å². The average molecular weight is 271 g/mol. The number of thiazole rings is 1. The lowest BCUT2D eigenvalue weighted by atomic mass is 10.2. The molecule has 1 heterocycles. The summed E-state index contributed by atoms with van der Waals surface area (Å²) in [5, 5.41) is 8.37. The second kappa shape index (κ2) is 6.26. The van der Waals surface area contributed by atoms with Crippen molar-refractivity contribution in [3.8, 4) is 0 Å². The number of carbonyl (C=O) groups is 1. The summed E-state index contributed by atoms with van der Waals surface area (Å²) in [5.41, 5.74) is 0.612. The zero-order valence-corrected chi connectivity index (χ0v) is 12.4. The van der Waals surface area contributed by atoms with Crippen molar-refractivity contribution in [2.24, 2.45) is 0 Å². The zero-order chi connectivity index (χ0) is 13.8. The van der Waals surface area contributed by atoms with Crippen molar-refractivity contribution in [1.29, 1.82) is 0 Å². The van der Waals surface area contributed by atoms with Crippen molar-refractivity contribution in [2.75, 3.05) is 19.0 Å². The molecule has 1 amide bonds. The number of carbonyl (C=O) groups excluding carboxylic acids is 1. The molecule has 1 aromatic heterocycles. The van der Waals surface area contributed by atoms with Gasteiger partial charge in [0.05, 0.1) is 11.3 Å². The van der Waals surface area contributed by atoms with Crippen molar-refractivity contribution in [2.45, 2.75) is 39.3 Å². The highest BCUT2D eigenvalue weighted by molar-refractivity contribution is 7.13. The number of rotatable bonds is 5. The van der Waals surface area contributed by atoms with E-state index in [-0.39, 0.29) is 24.2 Å². The van der Waals surface area contributed by atoms with Gasteiger partial charge in [0.1, 0.15) is 6.61 Å². The van der Waals surface area contributed by atoms with Crippen LogP contribution in [0.3, 0.4) is 0 Å². The lowest BCUT2D eigenvalue weighted by molar-refractivity contribution is -0.125. The summed E-state index contributed by atoms with van der Waals surface area (Å²) >= 11 is 1.42. The molecule has 18 heavy (non-hydrogen) atoms. The molecule has 2 N–H and O–H groups in total. The fourth-order valence-corrected chi connectivity index (χ4v) is 1.95. The monoisotopic (exact) mass is 271 g/mol. The van der Waals surface area contributed by atoms with Gasteiger partial charge in [-0.25, -0.2) is 4.98 Å². The summed E-state index contributed by atoms with van der Waals surface area (Å²) < 4.78 is 5.39. The highest BCUT2D eigenvalue weighted by Gasteiger charge is 2.14. The third kappa shape index (κ3) is 5.12. The molecular weight excluding hydrogens is 250 g/mol. The van der Waals surface area contributed by atoms with Gasteiger partial charge in [-0.1, -0.05) is 0 Å². The van der Waals surface area contributed by atoms with Crippen molar-refractivity contribution in [1.82, 2.24) is 10.3 Å². The molecular formula is C12H21N3O2S. The van der Waals surface area contributed by atoms with E-state index < -0.39 is 0 Å². The minimum atomic E-state index is -0.313. The minimum absolute atomic E-state index is 0.0417. The summed E-state index contributed by atoms with van der Waals surface area (Å²) in [6.45, 7) is 7.80. The van der Waals surface area contributed by atoms with Gasteiger partial charge in [-0.3, -0.25) is 10.1 Å². The Balaban J connectivity index is 2.47. The van der Waals surface area contributed by atoms with E-state index in [0.29, 0.717) is 5.13 Å². The van der Waals surface area contributed by atoms with Gasteiger partial charge in [0.15, 0.2) is 5.13 Å². The van der Waals surface area contributed by atoms with Crippen LogP contribution in [-0.2, 0) is 9.53 Å². The smallest absolute Gasteiger partial charge is 0.252 e. The molecule has 0 aromatic carbocycles. The first-order chi connectivity index (χ1) is 8.31. The summed E-state index contributed by atoms with van der Waals surface area (Å²) in [4.78, 5) is 16.0. The van der Waals surface area contributed by atoms with Crippen LogP contribution >= 0.6 is 11.3 Å². The molecule has 0 aliphatic heterocycles. The molecule has 5 nitrogen and oxygen atoms in total. The summed E-state index contributed by atoms with van der Waals surface area (Å²) in [6, 6.07) is 0.178. The van der Waals surface area contributed by atoms with E-state index in [9.17, 15) is 4.79 Å². The van der Waals surface area contributed by atoms with Gasteiger partial charge in [0.2, 0.25) is 0 Å². The minimum Gasteiger partial charge on any atom is -0.366 e. The SMILES string of the molecule is CNC(C)c1csc(NC(=O)COC(C)(C)C)n1. The van der Waals surface area contributed by atoms with Crippen molar-refractivity contribution in [3.05, 3.63) is 11.1 Å². The third-order valence-electron chi connectivity index (χ3n) is 2.28. The molecule has 0 bridgehead atoms. The van der Waals surface area contributed by atoms with Crippen LogP contribution in [0.15, 0.2) is 5.38 Å². The van der Waals surface area contributed by atoms with Gasteiger partial charge >= 0.3 is 0 Å². The van der Waals surface area contributed by atoms with Gasteiger partial charge in [-0.15, -0.1) is 11.3 Å². The number of nitrogens with zero attached hydrogens (tertiary/aromatic N) is 1. The molecule has 1 atom stereocenters. The second-order valence-corrected chi connectivity index (χ2v) is 5.90. The normalized spacial score (nSPS) is 13.4. The Morgan fingerprint density at radius 3 is 2.78 bits per heavy atom. The molecule has 1 aromatic rings.